The lowest BCUT2D eigenvalue weighted by Gasteiger charge is -2.34. The lowest BCUT2D eigenvalue weighted by Crippen LogP contribution is -2.46. The van der Waals surface area contributed by atoms with Crippen LogP contribution in [-0.4, -0.2) is 61.0 Å². The maximum absolute atomic E-state index is 13.7. The van der Waals surface area contributed by atoms with Crippen LogP contribution in [0, 0.1) is 5.92 Å². The molecule has 1 atom stereocenters. The molecule has 1 aliphatic rings. The van der Waals surface area contributed by atoms with Crippen LogP contribution in [0.3, 0.4) is 0 Å². The van der Waals surface area contributed by atoms with Crippen molar-refractivity contribution in [3.05, 3.63) is 59.7 Å². The summed E-state index contributed by atoms with van der Waals surface area (Å²) >= 11 is 0. The summed E-state index contributed by atoms with van der Waals surface area (Å²) in [5.74, 6) is 1.81. The van der Waals surface area contributed by atoms with Gasteiger partial charge >= 0.3 is 0 Å². The van der Waals surface area contributed by atoms with Gasteiger partial charge < -0.3 is 19.3 Å². The molecule has 0 fully saturated rings. The number of amides is 2. The predicted molar refractivity (Wildman–Crippen MR) is 144 cm³/mol. The maximum atomic E-state index is 13.7. The number of hydrogen-bond acceptors (Lipinski definition) is 4. The van der Waals surface area contributed by atoms with Crippen LogP contribution in [0.25, 0.3) is 0 Å². The number of nitrogens with zero attached hydrogens (tertiary/aromatic N) is 2. The van der Waals surface area contributed by atoms with Crippen LogP contribution < -0.4 is 9.47 Å². The van der Waals surface area contributed by atoms with Crippen LogP contribution in [0.1, 0.15) is 68.8 Å². The van der Waals surface area contributed by atoms with Crippen molar-refractivity contribution >= 4 is 11.8 Å². The minimum Gasteiger partial charge on any atom is -0.496 e. The first-order chi connectivity index (χ1) is 17.4. The number of benzene rings is 2. The summed E-state index contributed by atoms with van der Waals surface area (Å²) in [7, 11) is 1.64. The molecule has 36 heavy (non-hydrogen) atoms. The van der Waals surface area contributed by atoms with Gasteiger partial charge in [0.15, 0.2) is 0 Å². The minimum absolute atomic E-state index is 0.00896. The highest BCUT2D eigenvalue weighted by Gasteiger charge is 2.27. The van der Waals surface area contributed by atoms with Crippen LogP contribution in [-0.2, 0) is 11.2 Å². The van der Waals surface area contributed by atoms with E-state index < -0.39 is 0 Å². The Morgan fingerprint density at radius 1 is 1.03 bits per heavy atom. The largest absolute Gasteiger partial charge is 0.496 e. The molecule has 0 bridgehead atoms. The second kappa shape index (κ2) is 13.9. The highest BCUT2D eigenvalue weighted by atomic mass is 16.5. The SMILES string of the molecule is CCN1CCCCCCN(C(=O)Cc2ccccc2OC)[C@@H](CC(C)C)COc2ccccc2C1=O. The van der Waals surface area contributed by atoms with E-state index in [2.05, 4.69) is 13.8 Å². The monoisotopic (exact) mass is 494 g/mol. The second-order valence-electron chi connectivity index (χ2n) is 9.97. The van der Waals surface area contributed by atoms with Crippen LogP contribution in [0.4, 0.5) is 0 Å². The van der Waals surface area contributed by atoms with Crippen LogP contribution in [0.5, 0.6) is 11.5 Å². The molecule has 196 valence electrons. The summed E-state index contributed by atoms with van der Waals surface area (Å²) in [6, 6.07) is 15.1. The summed E-state index contributed by atoms with van der Waals surface area (Å²) in [6.07, 6.45) is 5.06. The fraction of sp³-hybridized carbons (Fsp3) is 0.533. The molecule has 1 heterocycles. The highest BCUT2D eigenvalue weighted by Crippen LogP contribution is 2.25. The van der Waals surface area contributed by atoms with Crippen LogP contribution in [0.15, 0.2) is 48.5 Å². The average Bonchev–Trinajstić information content (AvgIpc) is 2.88. The summed E-state index contributed by atoms with van der Waals surface area (Å²) < 4.78 is 11.8. The third kappa shape index (κ3) is 7.49. The molecule has 0 aliphatic carbocycles. The number of rotatable bonds is 6. The second-order valence-corrected chi connectivity index (χ2v) is 9.97. The molecule has 0 radical (unpaired) electrons. The summed E-state index contributed by atoms with van der Waals surface area (Å²) in [5, 5.41) is 0. The smallest absolute Gasteiger partial charge is 0.257 e. The molecule has 0 saturated carbocycles. The van der Waals surface area contributed by atoms with E-state index in [-0.39, 0.29) is 17.9 Å². The first-order valence-electron chi connectivity index (χ1n) is 13.4. The predicted octanol–water partition coefficient (Wildman–Crippen LogP) is 5.60. The molecule has 0 unspecified atom stereocenters. The molecule has 0 saturated heterocycles. The zero-order valence-corrected chi connectivity index (χ0v) is 22.4. The van der Waals surface area contributed by atoms with Gasteiger partial charge in [0.05, 0.1) is 25.1 Å². The zero-order chi connectivity index (χ0) is 25.9. The quantitative estimate of drug-likeness (QED) is 0.525. The van der Waals surface area contributed by atoms with E-state index in [1.165, 1.54) is 0 Å². The van der Waals surface area contributed by atoms with E-state index in [1.54, 1.807) is 7.11 Å². The molecular formula is C30H42N2O4. The van der Waals surface area contributed by atoms with Crippen molar-refractivity contribution in [1.82, 2.24) is 9.80 Å². The normalized spacial score (nSPS) is 17.8. The van der Waals surface area contributed by atoms with Gasteiger partial charge in [-0.2, -0.15) is 0 Å². The van der Waals surface area contributed by atoms with E-state index in [9.17, 15) is 9.59 Å². The molecule has 0 N–H and O–H groups in total. The topological polar surface area (TPSA) is 59.1 Å². The van der Waals surface area contributed by atoms with E-state index >= 15 is 0 Å². The van der Waals surface area contributed by atoms with E-state index in [0.29, 0.717) is 43.3 Å². The Morgan fingerprint density at radius 2 is 1.72 bits per heavy atom. The lowest BCUT2D eigenvalue weighted by molar-refractivity contribution is -0.134. The highest BCUT2D eigenvalue weighted by molar-refractivity contribution is 5.97. The Bertz CT molecular complexity index is 990. The fourth-order valence-electron chi connectivity index (χ4n) is 4.92. The molecule has 1 aliphatic heterocycles. The number of carbonyl (C=O) groups excluding carboxylic acids is 2. The fourth-order valence-corrected chi connectivity index (χ4v) is 4.92. The Labute approximate surface area is 216 Å². The maximum Gasteiger partial charge on any atom is 0.257 e. The van der Waals surface area contributed by atoms with Gasteiger partial charge in [0, 0.05) is 25.2 Å². The Kier molecular flexibility index (Phi) is 10.6. The summed E-state index contributed by atoms with van der Waals surface area (Å²) in [4.78, 5) is 30.9. The van der Waals surface area contributed by atoms with Crippen LogP contribution in [0.2, 0.25) is 0 Å². The van der Waals surface area contributed by atoms with Crippen molar-refractivity contribution in [2.24, 2.45) is 5.92 Å². The number of carbonyl (C=O) groups is 2. The third-order valence-corrected chi connectivity index (χ3v) is 6.83. The van der Waals surface area contributed by atoms with Crippen molar-refractivity contribution in [3.8, 4) is 11.5 Å². The van der Waals surface area contributed by atoms with E-state index in [4.69, 9.17) is 9.47 Å². The van der Waals surface area contributed by atoms with Gasteiger partial charge in [0.1, 0.15) is 18.1 Å². The zero-order valence-electron chi connectivity index (χ0n) is 22.4. The van der Waals surface area contributed by atoms with Crippen molar-refractivity contribution in [2.75, 3.05) is 33.4 Å². The van der Waals surface area contributed by atoms with E-state index in [1.807, 2.05) is 65.3 Å². The molecule has 2 aromatic carbocycles. The van der Waals surface area contributed by atoms with E-state index in [0.717, 1.165) is 50.0 Å². The Morgan fingerprint density at radius 3 is 2.44 bits per heavy atom. The summed E-state index contributed by atoms with van der Waals surface area (Å²) in [6.45, 7) is 8.83. The van der Waals surface area contributed by atoms with Gasteiger partial charge in [0.25, 0.3) is 5.91 Å². The van der Waals surface area contributed by atoms with Gasteiger partial charge in [0.2, 0.25) is 5.91 Å². The van der Waals surface area contributed by atoms with Gasteiger partial charge in [-0.3, -0.25) is 9.59 Å². The molecule has 6 heteroatoms. The molecule has 2 aromatic rings. The Balaban J connectivity index is 1.89. The van der Waals surface area contributed by atoms with Crippen molar-refractivity contribution in [2.45, 2.75) is 65.3 Å². The van der Waals surface area contributed by atoms with Crippen molar-refractivity contribution in [1.29, 1.82) is 0 Å². The number of methoxy groups -OCH3 is 1. The number of para-hydroxylation sites is 2. The first kappa shape index (κ1) is 27.6. The van der Waals surface area contributed by atoms with Crippen molar-refractivity contribution in [3.63, 3.8) is 0 Å². The number of hydrogen-bond donors (Lipinski definition) is 0. The van der Waals surface area contributed by atoms with Crippen LogP contribution >= 0.6 is 0 Å². The number of fused-ring (bicyclic) bond motifs is 1. The van der Waals surface area contributed by atoms with Gasteiger partial charge in [-0.05, 0) is 50.3 Å². The lowest BCUT2D eigenvalue weighted by atomic mass is 10.0. The van der Waals surface area contributed by atoms with Gasteiger partial charge in [-0.25, -0.2) is 0 Å². The average molecular weight is 495 g/mol. The standard InChI is InChI=1S/C30H42N2O4/c1-5-31-18-12-6-7-13-19-32(29(33)21-24-14-8-10-16-27(24)35-4)25(20-23(2)3)22-36-28-17-11-9-15-26(28)30(31)34/h8-11,14-17,23,25H,5-7,12-13,18-22H2,1-4H3/t25-/m0/s1. The molecule has 0 aromatic heterocycles. The molecule has 6 nitrogen and oxygen atoms in total. The number of ether oxygens (including phenoxy) is 2. The molecular weight excluding hydrogens is 452 g/mol. The minimum atomic E-state index is -0.0828. The van der Waals surface area contributed by atoms with Crippen molar-refractivity contribution < 1.29 is 19.1 Å². The Hall–Kier alpha value is -3.02. The summed E-state index contributed by atoms with van der Waals surface area (Å²) in [5.41, 5.74) is 1.48. The van der Waals surface area contributed by atoms with Gasteiger partial charge in [-0.15, -0.1) is 0 Å². The molecule has 3 rings (SSSR count). The molecule has 2 amide bonds. The first-order valence-corrected chi connectivity index (χ1v) is 13.4. The third-order valence-electron chi connectivity index (χ3n) is 6.83. The molecule has 0 spiro atoms. The van der Waals surface area contributed by atoms with Gasteiger partial charge in [-0.1, -0.05) is 57.0 Å².